The molecule has 0 unspecified atom stereocenters. The van der Waals surface area contributed by atoms with Crippen LogP contribution in [0.1, 0.15) is 22.3 Å². The minimum absolute atomic E-state index is 0.856. The summed E-state index contributed by atoms with van der Waals surface area (Å²) in [5, 5.41) is 3.28. The lowest BCUT2D eigenvalue weighted by Gasteiger charge is -2.14. The molecule has 3 nitrogen and oxygen atoms in total. The van der Waals surface area contributed by atoms with E-state index in [1.165, 1.54) is 11.1 Å². The molecule has 0 aromatic heterocycles. The van der Waals surface area contributed by atoms with E-state index in [-0.39, 0.29) is 0 Å². The van der Waals surface area contributed by atoms with Crippen LogP contribution in [0.3, 0.4) is 0 Å². The fourth-order valence-corrected chi connectivity index (χ4v) is 2.47. The summed E-state index contributed by atoms with van der Waals surface area (Å²) in [4.78, 5) is 4.42. The van der Waals surface area contributed by atoms with Crippen molar-refractivity contribution < 1.29 is 4.74 Å². The van der Waals surface area contributed by atoms with E-state index in [4.69, 9.17) is 4.74 Å². The molecule has 0 saturated heterocycles. The summed E-state index contributed by atoms with van der Waals surface area (Å²) in [6, 6.07) is 12.3. The van der Waals surface area contributed by atoms with Crippen LogP contribution in [0.4, 0.5) is 0 Å². The maximum absolute atomic E-state index is 6.08. The minimum Gasteiger partial charge on any atom is -0.457 e. The molecule has 0 aliphatic carbocycles. The van der Waals surface area contributed by atoms with Gasteiger partial charge in [0.15, 0.2) is 0 Å². The fourth-order valence-electron chi connectivity index (χ4n) is 2.47. The first-order chi connectivity index (χ1) is 10.1. The van der Waals surface area contributed by atoms with Gasteiger partial charge in [-0.3, -0.25) is 4.99 Å². The van der Waals surface area contributed by atoms with Gasteiger partial charge >= 0.3 is 0 Å². The van der Waals surface area contributed by atoms with Crippen molar-refractivity contribution in [2.75, 3.05) is 13.1 Å². The van der Waals surface area contributed by atoms with Crippen molar-refractivity contribution in [3.05, 3.63) is 58.7 Å². The Morgan fingerprint density at radius 3 is 2.33 bits per heavy atom. The van der Waals surface area contributed by atoms with E-state index in [9.17, 15) is 0 Å². The molecule has 0 radical (unpaired) electrons. The molecule has 1 heterocycles. The molecule has 21 heavy (non-hydrogen) atoms. The van der Waals surface area contributed by atoms with Crippen molar-refractivity contribution in [1.82, 2.24) is 5.32 Å². The Hall–Kier alpha value is -2.29. The number of aryl methyl sites for hydroxylation is 2. The molecule has 108 valence electrons. The molecule has 0 atom stereocenters. The summed E-state index contributed by atoms with van der Waals surface area (Å²) in [7, 11) is 0. The van der Waals surface area contributed by atoms with Gasteiger partial charge in [-0.05, 0) is 61.7 Å². The van der Waals surface area contributed by atoms with E-state index in [0.29, 0.717) is 0 Å². The zero-order valence-corrected chi connectivity index (χ0v) is 12.7. The van der Waals surface area contributed by atoms with Crippen molar-refractivity contribution in [3.63, 3.8) is 0 Å². The molecular weight excluding hydrogens is 260 g/mol. The third-order valence-corrected chi connectivity index (χ3v) is 3.90. The first kappa shape index (κ1) is 13.7. The topological polar surface area (TPSA) is 33.6 Å². The van der Waals surface area contributed by atoms with Gasteiger partial charge in [-0.15, -0.1) is 0 Å². The van der Waals surface area contributed by atoms with E-state index in [1.54, 1.807) is 0 Å². The number of aliphatic imine (C=N–C) groups is 1. The predicted octanol–water partition coefficient (Wildman–Crippen LogP) is 3.75. The molecule has 3 rings (SSSR count). The van der Waals surface area contributed by atoms with E-state index in [2.05, 4.69) is 43.2 Å². The number of rotatable bonds is 3. The Morgan fingerprint density at radius 2 is 1.67 bits per heavy atom. The van der Waals surface area contributed by atoms with E-state index >= 15 is 0 Å². The molecule has 0 spiro atoms. The standard InChI is InChI=1S/C18H20N2O/c1-12-4-5-13(2)17(14(12)3)21-16-8-6-15(7-9-16)18-19-10-11-20-18/h4-9H,10-11H2,1-3H3,(H,19,20). The number of ether oxygens (including phenoxy) is 1. The van der Waals surface area contributed by atoms with Gasteiger partial charge in [-0.1, -0.05) is 12.1 Å². The minimum atomic E-state index is 0.856. The molecule has 0 saturated carbocycles. The average Bonchev–Trinajstić information content (AvgIpc) is 3.03. The molecule has 2 aromatic carbocycles. The smallest absolute Gasteiger partial charge is 0.133 e. The largest absolute Gasteiger partial charge is 0.457 e. The maximum atomic E-state index is 6.08. The molecule has 3 heteroatoms. The lowest BCUT2D eigenvalue weighted by Crippen LogP contribution is -2.19. The molecule has 0 amide bonds. The predicted molar refractivity (Wildman–Crippen MR) is 86.6 cm³/mol. The van der Waals surface area contributed by atoms with Gasteiger partial charge in [-0.2, -0.15) is 0 Å². The van der Waals surface area contributed by atoms with Gasteiger partial charge in [0.2, 0.25) is 0 Å². The highest BCUT2D eigenvalue weighted by atomic mass is 16.5. The molecular formula is C18H20N2O. The van der Waals surface area contributed by atoms with Crippen molar-refractivity contribution in [3.8, 4) is 11.5 Å². The second kappa shape index (κ2) is 5.60. The number of nitrogens with one attached hydrogen (secondary N) is 1. The fraction of sp³-hybridized carbons (Fsp3) is 0.278. The van der Waals surface area contributed by atoms with Gasteiger partial charge < -0.3 is 10.1 Å². The van der Waals surface area contributed by atoms with Crippen LogP contribution in [-0.4, -0.2) is 18.9 Å². The average molecular weight is 280 g/mol. The lowest BCUT2D eigenvalue weighted by atomic mass is 10.1. The summed E-state index contributed by atoms with van der Waals surface area (Å²) in [5.74, 6) is 2.79. The Labute approximate surface area is 125 Å². The number of hydrogen-bond acceptors (Lipinski definition) is 3. The van der Waals surface area contributed by atoms with Crippen LogP contribution in [0.15, 0.2) is 41.4 Å². The van der Waals surface area contributed by atoms with E-state index in [0.717, 1.165) is 41.6 Å². The van der Waals surface area contributed by atoms with Crippen LogP contribution in [0.2, 0.25) is 0 Å². The van der Waals surface area contributed by atoms with E-state index in [1.807, 2.05) is 24.3 Å². The van der Waals surface area contributed by atoms with Crippen LogP contribution in [-0.2, 0) is 0 Å². The summed E-state index contributed by atoms with van der Waals surface area (Å²) >= 11 is 0. The van der Waals surface area contributed by atoms with Gasteiger partial charge in [-0.25, -0.2) is 0 Å². The number of nitrogens with zero attached hydrogens (tertiary/aromatic N) is 1. The van der Waals surface area contributed by atoms with Crippen molar-refractivity contribution >= 4 is 5.84 Å². The normalized spacial score (nSPS) is 13.8. The molecule has 0 fully saturated rings. The number of hydrogen-bond donors (Lipinski definition) is 1. The first-order valence-corrected chi connectivity index (χ1v) is 7.28. The second-order valence-corrected chi connectivity index (χ2v) is 5.44. The summed E-state index contributed by atoms with van der Waals surface area (Å²) in [6.45, 7) is 8.07. The summed E-state index contributed by atoms with van der Waals surface area (Å²) < 4.78 is 6.08. The van der Waals surface area contributed by atoms with Crippen LogP contribution < -0.4 is 10.1 Å². The third-order valence-electron chi connectivity index (χ3n) is 3.90. The molecule has 1 N–H and O–H groups in total. The van der Waals surface area contributed by atoms with Crippen molar-refractivity contribution in [2.24, 2.45) is 4.99 Å². The van der Waals surface area contributed by atoms with Gasteiger partial charge in [0.25, 0.3) is 0 Å². The number of benzene rings is 2. The highest BCUT2D eigenvalue weighted by Gasteiger charge is 2.10. The van der Waals surface area contributed by atoms with E-state index < -0.39 is 0 Å². The Morgan fingerprint density at radius 1 is 0.952 bits per heavy atom. The summed E-state index contributed by atoms with van der Waals surface area (Å²) in [5.41, 5.74) is 4.71. The van der Waals surface area contributed by atoms with Crippen LogP contribution >= 0.6 is 0 Å². The molecule has 2 aromatic rings. The van der Waals surface area contributed by atoms with Crippen molar-refractivity contribution in [1.29, 1.82) is 0 Å². The van der Waals surface area contributed by atoms with Crippen LogP contribution in [0, 0.1) is 20.8 Å². The highest BCUT2D eigenvalue weighted by molar-refractivity contribution is 5.99. The van der Waals surface area contributed by atoms with Gasteiger partial charge in [0.1, 0.15) is 17.3 Å². The zero-order chi connectivity index (χ0) is 14.8. The Balaban J connectivity index is 1.84. The summed E-state index contributed by atoms with van der Waals surface area (Å²) in [6.07, 6.45) is 0. The van der Waals surface area contributed by atoms with Crippen LogP contribution in [0.5, 0.6) is 11.5 Å². The first-order valence-electron chi connectivity index (χ1n) is 7.28. The lowest BCUT2D eigenvalue weighted by molar-refractivity contribution is 0.474. The van der Waals surface area contributed by atoms with Crippen molar-refractivity contribution in [2.45, 2.75) is 20.8 Å². The monoisotopic (exact) mass is 280 g/mol. The zero-order valence-electron chi connectivity index (χ0n) is 12.7. The third kappa shape index (κ3) is 2.77. The van der Waals surface area contributed by atoms with Gasteiger partial charge in [0, 0.05) is 12.1 Å². The molecule has 1 aliphatic heterocycles. The number of amidine groups is 1. The Bertz CT molecular complexity index is 687. The quantitative estimate of drug-likeness (QED) is 0.929. The molecule has 0 bridgehead atoms. The second-order valence-electron chi connectivity index (χ2n) is 5.44. The van der Waals surface area contributed by atoms with Crippen LogP contribution in [0.25, 0.3) is 0 Å². The molecule has 1 aliphatic rings. The van der Waals surface area contributed by atoms with Gasteiger partial charge in [0.05, 0.1) is 6.54 Å². The SMILES string of the molecule is Cc1ccc(C)c(Oc2ccc(C3=NCCN3)cc2)c1C. The maximum Gasteiger partial charge on any atom is 0.133 e. The Kier molecular flexibility index (Phi) is 3.65. The highest BCUT2D eigenvalue weighted by Crippen LogP contribution is 2.30.